The Morgan fingerprint density at radius 1 is 1.29 bits per heavy atom. The first kappa shape index (κ1) is 12.5. The summed E-state index contributed by atoms with van der Waals surface area (Å²) in [5, 5.41) is 4.19. The Morgan fingerprint density at radius 3 is 2.76 bits per heavy atom. The van der Waals surface area contributed by atoms with Gasteiger partial charge in [0.15, 0.2) is 5.58 Å². The van der Waals surface area contributed by atoms with Crippen LogP contribution in [0.15, 0.2) is 33.9 Å². The van der Waals surface area contributed by atoms with Crippen molar-refractivity contribution in [2.45, 2.75) is 31.5 Å². The number of benzene rings is 1. The summed E-state index contributed by atoms with van der Waals surface area (Å²) in [7, 11) is 0. The maximum Gasteiger partial charge on any atom is 0.256 e. The van der Waals surface area contributed by atoms with Crippen LogP contribution >= 0.6 is 11.8 Å². The molecule has 2 rings (SSSR count). The van der Waals surface area contributed by atoms with Gasteiger partial charge in [-0.2, -0.15) is 0 Å². The standard InChI is InChI=1S/C13H18N2OS/c1-13(2,3)14-8-9-17-12-15-10-6-4-5-7-11(10)16-12/h4-7,14H,8-9H2,1-3H3. The second-order valence-electron chi connectivity index (χ2n) is 4.97. The highest BCUT2D eigenvalue weighted by Crippen LogP contribution is 2.22. The van der Waals surface area contributed by atoms with Gasteiger partial charge in [0.05, 0.1) is 0 Å². The van der Waals surface area contributed by atoms with Crippen LogP contribution in [-0.2, 0) is 0 Å². The molecule has 0 radical (unpaired) electrons. The maximum absolute atomic E-state index is 5.62. The fourth-order valence-corrected chi connectivity index (χ4v) is 2.17. The smallest absolute Gasteiger partial charge is 0.256 e. The van der Waals surface area contributed by atoms with E-state index >= 15 is 0 Å². The molecule has 0 fully saturated rings. The first-order valence-electron chi connectivity index (χ1n) is 5.78. The third-order valence-electron chi connectivity index (χ3n) is 2.26. The molecule has 0 aliphatic carbocycles. The fourth-order valence-electron chi connectivity index (χ4n) is 1.48. The topological polar surface area (TPSA) is 38.1 Å². The van der Waals surface area contributed by atoms with E-state index in [2.05, 4.69) is 31.1 Å². The molecule has 1 heterocycles. The lowest BCUT2D eigenvalue weighted by Crippen LogP contribution is -2.37. The van der Waals surface area contributed by atoms with Crippen LogP contribution in [0.1, 0.15) is 20.8 Å². The van der Waals surface area contributed by atoms with E-state index in [1.54, 1.807) is 11.8 Å². The van der Waals surface area contributed by atoms with Crippen molar-refractivity contribution in [1.82, 2.24) is 10.3 Å². The number of fused-ring (bicyclic) bond motifs is 1. The lowest BCUT2D eigenvalue weighted by molar-refractivity contribution is 0.440. The van der Waals surface area contributed by atoms with Crippen molar-refractivity contribution in [2.75, 3.05) is 12.3 Å². The SMILES string of the molecule is CC(C)(C)NCCSc1nc2ccccc2o1. The van der Waals surface area contributed by atoms with Crippen LogP contribution in [0.2, 0.25) is 0 Å². The van der Waals surface area contributed by atoms with Crippen molar-refractivity contribution >= 4 is 22.9 Å². The van der Waals surface area contributed by atoms with E-state index < -0.39 is 0 Å². The second-order valence-corrected chi connectivity index (χ2v) is 6.02. The molecule has 0 amide bonds. The minimum Gasteiger partial charge on any atom is -0.431 e. The number of nitrogens with zero attached hydrogens (tertiary/aromatic N) is 1. The first-order valence-corrected chi connectivity index (χ1v) is 6.76. The molecule has 1 aromatic heterocycles. The zero-order valence-electron chi connectivity index (χ0n) is 10.5. The number of rotatable bonds is 4. The molecular weight excluding hydrogens is 232 g/mol. The van der Waals surface area contributed by atoms with Crippen LogP contribution in [0.5, 0.6) is 0 Å². The zero-order valence-corrected chi connectivity index (χ0v) is 11.3. The average Bonchev–Trinajstić information content (AvgIpc) is 2.65. The number of hydrogen-bond donors (Lipinski definition) is 1. The molecule has 0 saturated carbocycles. The quantitative estimate of drug-likeness (QED) is 0.667. The Bertz CT molecular complexity index is 454. The van der Waals surface area contributed by atoms with Crippen LogP contribution in [-0.4, -0.2) is 22.8 Å². The molecule has 17 heavy (non-hydrogen) atoms. The van der Waals surface area contributed by atoms with Crippen LogP contribution in [0.4, 0.5) is 0 Å². The van der Waals surface area contributed by atoms with Crippen molar-refractivity contribution < 1.29 is 4.42 Å². The van der Waals surface area contributed by atoms with Crippen molar-refractivity contribution in [1.29, 1.82) is 0 Å². The lowest BCUT2D eigenvalue weighted by Gasteiger charge is -2.19. The van der Waals surface area contributed by atoms with E-state index in [0.717, 1.165) is 28.6 Å². The fraction of sp³-hybridized carbons (Fsp3) is 0.462. The molecule has 0 bridgehead atoms. The summed E-state index contributed by atoms with van der Waals surface area (Å²) in [6.45, 7) is 7.44. The minimum atomic E-state index is 0.169. The van der Waals surface area contributed by atoms with Gasteiger partial charge in [-0.15, -0.1) is 0 Å². The van der Waals surface area contributed by atoms with Gasteiger partial charge in [-0.05, 0) is 32.9 Å². The number of oxazole rings is 1. The highest BCUT2D eigenvalue weighted by Gasteiger charge is 2.09. The van der Waals surface area contributed by atoms with Gasteiger partial charge in [0.2, 0.25) is 0 Å². The van der Waals surface area contributed by atoms with Gasteiger partial charge in [-0.3, -0.25) is 0 Å². The Hall–Kier alpha value is -1.00. The monoisotopic (exact) mass is 250 g/mol. The molecule has 0 aliphatic heterocycles. The summed E-state index contributed by atoms with van der Waals surface area (Å²) in [6.07, 6.45) is 0. The van der Waals surface area contributed by atoms with Crippen molar-refractivity contribution in [2.24, 2.45) is 0 Å². The molecule has 0 aliphatic rings. The first-order chi connectivity index (χ1) is 8.04. The predicted octanol–water partition coefficient (Wildman–Crippen LogP) is 3.31. The number of thioether (sulfide) groups is 1. The summed E-state index contributed by atoms with van der Waals surface area (Å²) in [5.74, 6) is 0.962. The van der Waals surface area contributed by atoms with Gasteiger partial charge in [0.25, 0.3) is 5.22 Å². The number of aromatic nitrogens is 1. The van der Waals surface area contributed by atoms with Gasteiger partial charge in [0, 0.05) is 17.8 Å². The summed E-state index contributed by atoms with van der Waals surface area (Å²) >= 11 is 1.65. The van der Waals surface area contributed by atoms with Gasteiger partial charge in [-0.25, -0.2) is 4.98 Å². The van der Waals surface area contributed by atoms with E-state index in [1.807, 2.05) is 24.3 Å². The second kappa shape index (κ2) is 5.10. The normalized spacial score (nSPS) is 12.2. The molecular formula is C13H18N2OS. The van der Waals surface area contributed by atoms with Gasteiger partial charge >= 0.3 is 0 Å². The highest BCUT2D eigenvalue weighted by molar-refractivity contribution is 7.99. The summed E-state index contributed by atoms with van der Waals surface area (Å²) in [6, 6.07) is 7.85. The molecule has 0 spiro atoms. The molecule has 92 valence electrons. The van der Waals surface area contributed by atoms with Crippen molar-refractivity contribution in [3.05, 3.63) is 24.3 Å². The van der Waals surface area contributed by atoms with Gasteiger partial charge in [0.1, 0.15) is 5.52 Å². The van der Waals surface area contributed by atoms with Gasteiger partial charge in [-0.1, -0.05) is 23.9 Å². The number of para-hydroxylation sites is 2. The minimum absolute atomic E-state index is 0.169. The Kier molecular flexibility index (Phi) is 3.74. The van der Waals surface area contributed by atoms with Gasteiger partial charge < -0.3 is 9.73 Å². The van der Waals surface area contributed by atoms with Crippen molar-refractivity contribution in [3.8, 4) is 0 Å². The molecule has 4 heteroatoms. The van der Waals surface area contributed by atoms with Crippen LogP contribution in [0.3, 0.4) is 0 Å². The molecule has 0 atom stereocenters. The van der Waals surface area contributed by atoms with E-state index in [9.17, 15) is 0 Å². The summed E-state index contributed by atoms with van der Waals surface area (Å²) < 4.78 is 5.62. The predicted molar refractivity (Wildman–Crippen MR) is 72.5 cm³/mol. The lowest BCUT2D eigenvalue weighted by atomic mass is 10.1. The van der Waals surface area contributed by atoms with Crippen LogP contribution in [0, 0.1) is 0 Å². The Balaban J connectivity index is 1.87. The summed E-state index contributed by atoms with van der Waals surface area (Å²) in [4.78, 5) is 4.42. The Labute approximate surface area is 106 Å². The van der Waals surface area contributed by atoms with E-state index in [-0.39, 0.29) is 5.54 Å². The van der Waals surface area contributed by atoms with E-state index in [0.29, 0.717) is 0 Å². The summed E-state index contributed by atoms with van der Waals surface area (Å²) in [5.41, 5.74) is 1.96. The molecule has 1 aromatic carbocycles. The largest absolute Gasteiger partial charge is 0.431 e. The zero-order chi connectivity index (χ0) is 12.3. The highest BCUT2D eigenvalue weighted by atomic mass is 32.2. The molecule has 2 aromatic rings. The molecule has 1 N–H and O–H groups in total. The maximum atomic E-state index is 5.62. The number of nitrogens with one attached hydrogen (secondary N) is 1. The third kappa shape index (κ3) is 3.75. The van der Waals surface area contributed by atoms with E-state index in [1.165, 1.54) is 0 Å². The van der Waals surface area contributed by atoms with Crippen LogP contribution in [0.25, 0.3) is 11.1 Å². The Morgan fingerprint density at radius 2 is 2.06 bits per heavy atom. The molecule has 3 nitrogen and oxygen atoms in total. The molecule has 0 unspecified atom stereocenters. The molecule has 0 saturated heterocycles. The van der Waals surface area contributed by atoms with Crippen molar-refractivity contribution in [3.63, 3.8) is 0 Å². The third-order valence-corrected chi connectivity index (χ3v) is 3.09. The van der Waals surface area contributed by atoms with E-state index in [4.69, 9.17) is 4.42 Å². The van der Waals surface area contributed by atoms with Crippen LogP contribution < -0.4 is 5.32 Å². The number of hydrogen-bond acceptors (Lipinski definition) is 4. The average molecular weight is 250 g/mol.